The summed E-state index contributed by atoms with van der Waals surface area (Å²) in [6.45, 7) is 6.66. The molecule has 0 saturated carbocycles. The molecule has 0 spiro atoms. The number of benzene rings is 1. The number of amides is 1. The molecular weight excluding hydrogens is 487 g/mol. The minimum absolute atomic E-state index is 0. The van der Waals surface area contributed by atoms with Crippen LogP contribution in [0.3, 0.4) is 0 Å². The van der Waals surface area contributed by atoms with Crippen molar-refractivity contribution in [3.05, 3.63) is 47.0 Å². The van der Waals surface area contributed by atoms with Crippen molar-refractivity contribution < 1.29 is 42.2 Å². The maximum atomic E-state index is 12.2. The summed E-state index contributed by atoms with van der Waals surface area (Å²) in [4.78, 5) is 13.8. The summed E-state index contributed by atoms with van der Waals surface area (Å²) < 4.78 is 6.38. The predicted octanol–water partition coefficient (Wildman–Crippen LogP) is 4.17. The molecule has 1 atom stereocenters. The molecule has 1 heterocycles. The van der Waals surface area contributed by atoms with Crippen molar-refractivity contribution in [3.63, 3.8) is 0 Å². The SMILES string of the molecule is C=CCOc1ccc(C2=[C-]CC(Br)C(=O)N2CC)c(Br)c1.[Y]. The fourth-order valence-corrected chi connectivity index (χ4v) is 3.09. The van der Waals surface area contributed by atoms with E-state index in [1.54, 1.807) is 11.0 Å². The molecule has 0 aliphatic carbocycles. The smallest absolute Gasteiger partial charge is 0.236 e. The molecule has 0 bridgehead atoms. The van der Waals surface area contributed by atoms with Crippen molar-refractivity contribution in [1.29, 1.82) is 0 Å². The van der Waals surface area contributed by atoms with Gasteiger partial charge in [0.2, 0.25) is 5.91 Å². The fourth-order valence-electron chi connectivity index (χ4n) is 2.14. The normalized spacial score (nSPS) is 17.6. The maximum absolute atomic E-state index is 12.2. The molecule has 3 nitrogen and oxygen atoms in total. The van der Waals surface area contributed by atoms with Crippen LogP contribution in [0.15, 0.2) is 35.3 Å². The maximum Gasteiger partial charge on any atom is 0.236 e. The molecule has 1 radical (unpaired) electrons. The predicted molar refractivity (Wildman–Crippen MR) is 91.2 cm³/mol. The summed E-state index contributed by atoms with van der Waals surface area (Å²) in [7, 11) is 0. The quantitative estimate of drug-likeness (QED) is 0.343. The second-order valence-electron chi connectivity index (χ2n) is 4.52. The zero-order valence-electron chi connectivity index (χ0n) is 12.3. The average molecular weight is 503 g/mol. The third-order valence-corrected chi connectivity index (χ3v) is 4.50. The first-order chi connectivity index (χ1) is 10.1. The second kappa shape index (κ2) is 9.36. The summed E-state index contributed by atoms with van der Waals surface area (Å²) in [5.74, 6) is 0.833. The van der Waals surface area contributed by atoms with Gasteiger partial charge in [0, 0.05) is 39.3 Å². The molecule has 1 amide bonds. The van der Waals surface area contributed by atoms with Gasteiger partial charge in [-0.05, 0) is 19.1 Å². The molecule has 1 unspecified atom stereocenters. The van der Waals surface area contributed by atoms with Gasteiger partial charge in [-0.3, -0.25) is 4.79 Å². The monoisotopic (exact) mass is 501 g/mol. The summed E-state index contributed by atoms with van der Waals surface area (Å²) in [5, 5.41) is 0. The standard InChI is InChI=1S/C16H16Br2NO2.Y/c1-3-9-21-11-5-6-12(14(18)10-11)15-8-7-13(17)16(20)19(15)4-2;/h3,5-6,10,13H,1,4,7,9H2,2H3;/q-1;. The molecule has 6 heteroatoms. The molecule has 1 aliphatic rings. The Morgan fingerprint density at radius 1 is 1.55 bits per heavy atom. The van der Waals surface area contributed by atoms with Gasteiger partial charge in [-0.2, -0.15) is 0 Å². The molecule has 0 saturated heterocycles. The third-order valence-electron chi connectivity index (χ3n) is 3.13. The number of allylic oxidation sites excluding steroid dienone is 1. The Bertz CT molecular complexity index is 590. The Labute approximate surface area is 173 Å². The number of hydrogen-bond donors (Lipinski definition) is 0. The van der Waals surface area contributed by atoms with Gasteiger partial charge in [-0.15, -0.1) is 17.3 Å². The van der Waals surface area contributed by atoms with Crippen LogP contribution in [0.5, 0.6) is 5.75 Å². The summed E-state index contributed by atoms with van der Waals surface area (Å²) in [5.41, 5.74) is 1.76. The molecule has 0 fully saturated rings. The molecule has 1 aliphatic heterocycles. The van der Waals surface area contributed by atoms with Crippen LogP contribution in [0.2, 0.25) is 0 Å². The topological polar surface area (TPSA) is 29.5 Å². The Hall–Kier alpha value is 0.0339. The van der Waals surface area contributed by atoms with E-state index in [9.17, 15) is 4.79 Å². The van der Waals surface area contributed by atoms with Crippen LogP contribution in [0, 0.1) is 6.08 Å². The first-order valence-electron chi connectivity index (χ1n) is 6.68. The number of hydrogen-bond acceptors (Lipinski definition) is 2. The average Bonchev–Trinajstić information content (AvgIpc) is 2.48. The number of rotatable bonds is 5. The minimum atomic E-state index is -0.185. The van der Waals surface area contributed by atoms with Crippen LogP contribution < -0.4 is 4.74 Å². The largest absolute Gasteiger partial charge is 0.490 e. The van der Waals surface area contributed by atoms with E-state index in [0.29, 0.717) is 19.6 Å². The number of carbonyl (C=O) groups excluding carboxylic acids is 1. The van der Waals surface area contributed by atoms with Gasteiger partial charge in [0.15, 0.2) is 0 Å². The van der Waals surface area contributed by atoms with Gasteiger partial charge in [-0.25, -0.2) is 6.08 Å². The van der Waals surface area contributed by atoms with Crippen molar-refractivity contribution >= 4 is 43.5 Å². The van der Waals surface area contributed by atoms with Crippen LogP contribution in [0.4, 0.5) is 0 Å². The van der Waals surface area contributed by atoms with Gasteiger partial charge >= 0.3 is 0 Å². The first kappa shape index (κ1) is 20.1. The summed E-state index contributed by atoms with van der Waals surface area (Å²) in [6.07, 6.45) is 5.58. The molecule has 0 aromatic heterocycles. The van der Waals surface area contributed by atoms with Crippen LogP contribution in [0.25, 0.3) is 5.70 Å². The zero-order chi connectivity index (χ0) is 15.4. The van der Waals surface area contributed by atoms with Crippen LogP contribution in [0.1, 0.15) is 18.9 Å². The van der Waals surface area contributed by atoms with Gasteiger partial charge < -0.3 is 9.64 Å². The van der Waals surface area contributed by atoms with Gasteiger partial charge in [0.25, 0.3) is 0 Å². The fraction of sp³-hybridized carbons (Fsp3) is 0.312. The number of carbonyl (C=O) groups is 1. The third kappa shape index (κ3) is 4.53. The van der Waals surface area contributed by atoms with Gasteiger partial charge in [-0.1, -0.05) is 55.4 Å². The number of nitrogens with zero attached hydrogens (tertiary/aromatic N) is 1. The first-order valence-corrected chi connectivity index (χ1v) is 8.39. The van der Waals surface area contributed by atoms with Gasteiger partial charge in [0.1, 0.15) is 12.4 Å². The van der Waals surface area contributed by atoms with E-state index in [4.69, 9.17) is 4.74 Å². The molecule has 22 heavy (non-hydrogen) atoms. The van der Waals surface area contributed by atoms with Crippen LogP contribution >= 0.6 is 31.9 Å². The number of ether oxygens (including phenoxy) is 1. The Morgan fingerprint density at radius 2 is 2.27 bits per heavy atom. The second-order valence-corrected chi connectivity index (χ2v) is 6.48. The van der Waals surface area contributed by atoms with E-state index in [-0.39, 0.29) is 43.4 Å². The zero-order valence-corrected chi connectivity index (χ0v) is 18.3. The molecule has 115 valence electrons. The molecule has 0 N–H and O–H groups in total. The van der Waals surface area contributed by atoms with Crippen molar-refractivity contribution in [2.24, 2.45) is 0 Å². The van der Waals surface area contributed by atoms with E-state index in [1.165, 1.54) is 0 Å². The van der Waals surface area contributed by atoms with E-state index < -0.39 is 0 Å². The van der Waals surface area contributed by atoms with E-state index in [0.717, 1.165) is 21.5 Å². The molecular formula is C16H16Br2NO2Y-. The van der Waals surface area contributed by atoms with Gasteiger partial charge in [0.05, 0.1) is 4.83 Å². The van der Waals surface area contributed by atoms with Crippen molar-refractivity contribution in [3.8, 4) is 5.75 Å². The van der Waals surface area contributed by atoms with E-state index in [1.807, 2.05) is 25.1 Å². The van der Waals surface area contributed by atoms with Crippen LogP contribution in [-0.2, 0) is 37.5 Å². The van der Waals surface area contributed by atoms with Crippen LogP contribution in [-0.4, -0.2) is 28.8 Å². The molecule has 1 aromatic carbocycles. The minimum Gasteiger partial charge on any atom is -0.490 e. The Morgan fingerprint density at radius 3 is 2.86 bits per heavy atom. The Balaban J connectivity index is 0.00000242. The van der Waals surface area contributed by atoms with E-state index in [2.05, 4.69) is 44.5 Å². The summed E-state index contributed by atoms with van der Waals surface area (Å²) >= 11 is 6.94. The number of halogens is 2. The molecule has 2 rings (SSSR count). The van der Waals surface area contributed by atoms with Crippen molar-refractivity contribution in [1.82, 2.24) is 4.90 Å². The summed E-state index contributed by atoms with van der Waals surface area (Å²) in [6, 6.07) is 5.72. The Kier molecular flexibility index (Phi) is 8.54. The number of alkyl halides is 1. The van der Waals surface area contributed by atoms with Crippen molar-refractivity contribution in [2.75, 3.05) is 13.2 Å². The van der Waals surface area contributed by atoms with Crippen molar-refractivity contribution in [2.45, 2.75) is 18.2 Å². The van der Waals surface area contributed by atoms with E-state index >= 15 is 0 Å². The molecule has 1 aromatic rings.